The Balaban J connectivity index is 0.000000154. The number of nitrogens with one attached hydrogen (secondary N) is 3. The van der Waals surface area contributed by atoms with Crippen molar-refractivity contribution in [3.05, 3.63) is 192 Å². The van der Waals surface area contributed by atoms with Crippen molar-refractivity contribution in [1.82, 2.24) is 15.3 Å². The number of aromatic nitrogens is 2. The van der Waals surface area contributed by atoms with E-state index in [0.717, 1.165) is 29.9 Å². The number of pyridine rings is 2. The summed E-state index contributed by atoms with van der Waals surface area (Å²) in [6.07, 6.45) is 7.14. The predicted octanol–water partition coefficient (Wildman–Crippen LogP) is 11.9. The molecular formula is C59H60N6O7S2. The summed E-state index contributed by atoms with van der Waals surface area (Å²) in [6, 6.07) is 53.1. The number of sulfonamides is 2. The van der Waals surface area contributed by atoms with Gasteiger partial charge in [-0.25, -0.2) is 31.6 Å². The number of anilines is 2. The van der Waals surface area contributed by atoms with E-state index in [1.165, 1.54) is 18.4 Å². The first kappa shape index (κ1) is 51.4. The van der Waals surface area contributed by atoms with Gasteiger partial charge in [-0.3, -0.25) is 14.2 Å². The molecule has 4 saturated carbocycles. The zero-order valence-electron chi connectivity index (χ0n) is 40.0. The zero-order chi connectivity index (χ0) is 50.7. The first-order valence-corrected chi connectivity index (χ1v) is 27.8. The zero-order valence-corrected chi connectivity index (χ0v) is 41.6. The summed E-state index contributed by atoms with van der Waals surface area (Å²) in [6.45, 7) is 0. The molecule has 0 spiro atoms. The summed E-state index contributed by atoms with van der Waals surface area (Å²) in [5.41, 5.74) is 12.1. The largest absolute Gasteiger partial charge is 0.478 e. The Morgan fingerprint density at radius 3 is 1.30 bits per heavy atom. The molecule has 15 heteroatoms. The van der Waals surface area contributed by atoms with Gasteiger partial charge in [0.2, 0.25) is 20.0 Å². The highest BCUT2D eigenvalue weighted by atomic mass is 32.2. The maximum Gasteiger partial charge on any atom is 0.338 e. The molecule has 74 heavy (non-hydrogen) atoms. The van der Waals surface area contributed by atoms with Crippen molar-refractivity contribution >= 4 is 65.1 Å². The van der Waals surface area contributed by atoms with E-state index in [1.54, 1.807) is 48.5 Å². The van der Waals surface area contributed by atoms with Crippen LogP contribution in [0.3, 0.4) is 0 Å². The third kappa shape index (κ3) is 11.8. The molecule has 6 N–H and O–H groups in total. The second-order valence-electron chi connectivity index (χ2n) is 19.2. The number of amides is 1. The lowest BCUT2D eigenvalue weighted by Gasteiger charge is -2.22. The Morgan fingerprint density at radius 2 is 0.878 bits per heavy atom. The van der Waals surface area contributed by atoms with E-state index in [4.69, 9.17) is 10.7 Å². The average molecular weight is 1030 g/mol. The number of carbonyl (C=O) groups excluding carboxylic acids is 1. The van der Waals surface area contributed by atoms with E-state index in [9.17, 15) is 31.5 Å². The highest BCUT2D eigenvalue weighted by Crippen LogP contribution is 2.44. The van der Waals surface area contributed by atoms with Crippen LogP contribution in [-0.4, -0.2) is 54.3 Å². The molecule has 0 unspecified atom stereocenters. The van der Waals surface area contributed by atoms with Crippen molar-refractivity contribution in [2.45, 2.75) is 81.4 Å². The fourth-order valence-corrected chi connectivity index (χ4v) is 11.9. The van der Waals surface area contributed by atoms with Crippen molar-refractivity contribution in [2.24, 2.45) is 17.6 Å². The topological polar surface area (TPSA) is 211 Å². The lowest BCUT2D eigenvalue weighted by molar-refractivity contribution is 0.0699. The van der Waals surface area contributed by atoms with Crippen LogP contribution >= 0.6 is 0 Å². The summed E-state index contributed by atoms with van der Waals surface area (Å²) < 4.78 is 56.7. The summed E-state index contributed by atoms with van der Waals surface area (Å²) >= 11 is 0. The second kappa shape index (κ2) is 21.9. The van der Waals surface area contributed by atoms with E-state index in [2.05, 4.69) is 44.0 Å². The molecule has 2 heterocycles. The van der Waals surface area contributed by atoms with Crippen LogP contribution in [0.5, 0.6) is 0 Å². The van der Waals surface area contributed by atoms with Crippen molar-refractivity contribution in [3.8, 4) is 22.5 Å². The fraction of sp³-hybridized carbons (Fsp3) is 0.254. The van der Waals surface area contributed by atoms with Gasteiger partial charge in [0.15, 0.2) is 0 Å². The minimum atomic E-state index is -3.65. The predicted molar refractivity (Wildman–Crippen MR) is 295 cm³/mol. The van der Waals surface area contributed by atoms with Gasteiger partial charge in [0.1, 0.15) is 0 Å². The summed E-state index contributed by atoms with van der Waals surface area (Å²) in [4.78, 5) is 35.5. The minimum absolute atomic E-state index is 0. The second-order valence-corrected chi connectivity index (χ2v) is 23.1. The van der Waals surface area contributed by atoms with Gasteiger partial charge >= 0.3 is 5.97 Å². The van der Waals surface area contributed by atoms with E-state index in [0.29, 0.717) is 75.9 Å². The van der Waals surface area contributed by atoms with Crippen LogP contribution in [0.15, 0.2) is 170 Å². The van der Waals surface area contributed by atoms with Crippen molar-refractivity contribution < 1.29 is 31.5 Å². The molecule has 6 aromatic carbocycles. The molecular weight excluding hydrogens is 969 g/mol. The number of rotatable bonds is 15. The molecule has 8 aromatic rings. The molecule has 0 radical (unpaired) electrons. The molecule has 0 aliphatic heterocycles. The van der Waals surface area contributed by atoms with Crippen LogP contribution in [0.4, 0.5) is 11.4 Å². The molecule has 13 nitrogen and oxygen atoms in total. The number of nitrogens with zero attached hydrogens (tertiary/aromatic N) is 2. The number of carboxylic acid groups (broad SMARTS) is 1. The maximum absolute atomic E-state index is 14.1. The normalized spacial score (nSPS) is 16.0. The molecule has 0 bridgehead atoms. The third-order valence-electron chi connectivity index (χ3n) is 13.6. The quantitative estimate of drug-likeness (QED) is 0.0656. The molecule has 380 valence electrons. The van der Waals surface area contributed by atoms with Crippen molar-refractivity contribution in [1.29, 1.82) is 0 Å². The Hall–Kier alpha value is -7.46. The van der Waals surface area contributed by atoms with Gasteiger partial charge in [-0.1, -0.05) is 165 Å². The van der Waals surface area contributed by atoms with Crippen molar-refractivity contribution in [2.75, 3.05) is 9.44 Å². The molecule has 4 fully saturated rings. The summed E-state index contributed by atoms with van der Waals surface area (Å²) in [5, 5.41) is 13.2. The first-order valence-electron chi connectivity index (χ1n) is 24.8. The lowest BCUT2D eigenvalue weighted by Crippen LogP contribution is -2.31. The number of aromatic carboxylic acids is 1. The highest BCUT2D eigenvalue weighted by molar-refractivity contribution is 7.93. The SMILES string of the molecule is C.N[C@H](c1ccccc1)C1CC1.O=C(N[C@H](c1ccccc1)C1CC1)c1c(NS(=O)(=O)C2CC2)c(-c2ccccc2)nc2ccccc12.O=C(O)c1c(NS(=O)(=O)C2CC2)c(-c2ccccc2)nc2ccccc12. The number of carbonyl (C=O) groups is 2. The first-order chi connectivity index (χ1) is 35.4. The third-order valence-corrected chi connectivity index (χ3v) is 17.3. The van der Waals surface area contributed by atoms with E-state index < -0.39 is 36.5 Å². The number of carboxylic acids is 1. The van der Waals surface area contributed by atoms with Crippen molar-refractivity contribution in [3.63, 3.8) is 0 Å². The number of hydrogen-bond acceptors (Lipinski definition) is 9. The Bertz CT molecular complexity index is 3520. The van der Waals surface area contributed by atoms with E-state index in [-0.39, 0.29) is 42.4 Å². The number of hydrogen-bond donors (Lipinski definition) is 5. The standard InChI is InChI=1S/C29H27N3O3S.C19H16N2O4S.C10H13N.CH4/c33-29(31-26(21-15-16-21)19-9-3-1-4-10-19)25-23-13-7-8-14-24(23)30-27(20-11-5-2-6-12-20)28(25)32-36(34,35)22-17-18-22;22-19(23)16-14-8-4-5-9-15(14)20-17(12-6-2-1-3-7-12)18(16)21-26(24,25)13-10-11-13;11-10(9-6-7-9)8-4-2-1-3-5-8;/h1-14,21-22,26,32H,15-18H2,(H,31,33);1-9,13,21H,10-11H2,(H,22,23);1-5,9-10H,6-7,11H2;1H4/t26-;;10-;/m1.1./s1. The van der Waals surface area contributed by atoms with Gasteiger partial charge < -0.3 is 16.2 Å². The smallest absolute Gasteiger partial charge is 0.338 e. The molecule has 4 aliphatic carbocycles. The highest BCUT2D eigenvalue weighted by Gasteiger charge is 2.40. The molecule has 2 aromatic heterocycles. The van der Waals surface area contributed by atoms with Gasteiger partial charge in [-0.2, -0.15) is 0 Å². The Kier molecular flexibility index (Phi) is 15.3. The van der Waals surface area contributed by atoms with Gasteiger partial charge in [0.05, 0.1) is 61.5 Å². The van der Waals surface area contributed by atoms with Gasteiger partial charge in [-0.05, 0) is 86.5 Å². The van der Waals surface area contributed by atoms with Crippen LogP contribution in [-0.2, 0) is 20.0 Å². The Morgan fingerprint density at radius 1 is 0.500 bits per heavy atom. The summed E-state index contributed by atoms with van der Waals surface area (Å²) in [7, 11) is -7.30. The van der Waals surface area contributed by atoms with Crippen LogP contribution in [0.25, 0.3) is 44.3 Å². The Labute approximate surface area is 432 Å². The lowest BCUT2D eigenvalue weighted by atomic mass is 9.98. The molecule has 12 rings (SSSR count). The van der Waals surface area contributed by atoms with E-state index >= 15 is 0 Å². The maximum atomic E-state index is 14.1. The monoisotopic (exact) mass is 1030 g/mol. The molecule has 0 saturated heterocycles. The summed E-state index contributed by atoms with van der Waals surface area (Å²) in [5.74, 6) is -0.378. The van der Waals surface area contributed by atoms with Crippen LogP contribution < -0.4 is 20.5 Å². The number of benzene rings is 6. The number of fused-ring (bicyclic) bond motifs is 2. The molecule has 4 aliphatic rings. The molecule has 2 atom stereocenters. The van der Waals surface area contributed by atoms with Crippen LogP contribution in [0.2, 0.25) is 0 Å². The minimum Gasteiger partial charge on any atom is -0.478 e. The van der Waals surface area contributed by atoms with E-state index in [1.807, 2.05) is 97.1 Å². The van der Waals surface area contributed by atoms with Gasteiger partial charge in [-0.15, -0.1) is 0 Å². The number of nitrogens with two attached hydrogens (primary N) is 1. The van der Waals surface area contributed by atoms with Crippen LogP contribution in [0.1, 0.15) is 103 Å². The van der Waals surface area contributed by atoms with Gasteiger partial charge in [0, 0.05) is 27.9 Å². The van der Waals surface area contributed by atoms with Crippen LogP contribution in [0, 0.1) is 11.8 Å². The van der Waals surface area contributed by atoms with Gasteiger partial charge in [0.25, 0.3) is 5.91 Å². The molecule has 1 amide bonds. The fourth-order valence-electron chi connectivity index (χ4n) is 9.08. The number of para-hydroxylation sites is 2. The average Bonchev–Trinajstić information content (AvgIpc) is 4.20.